The van der Waals surface area contributed by atoms with Crippen molar-refractivity contribution in [3.8, 4) is 0 Å². The number of hydrogen-bond donors (Lipinski definition) is 2. The summed E-state index contributed by atoms with van der Waals surface area (Å²) < 4.78 is 36.4. The molecule has 2 N–H and O–H groups in total. The zero-order valence-corrected chi connectivity index (χ0v) is 20.1. The summed E-state index contributed by atoms with van der Waals surface area (Å²) in [4.78, 5) is 37.0. The Morgan fingerprint density at radius 3 is 2.39 bits per heavy atom. The Morgan fingerprint density at radius 2 is 1.76 bits per heavy atom. The number of carbonyl (C=O) groups excluding carboxylic acids is 3. The van der Waals surface area contributed by atoms with Crippen LogP contribution < -0.4 is 10.6 Å². The van der Waals surface area contributed by atoms with Crippen molar-refractivity contribution in [1.82, 2.24) is 4.31 Å². The zero-order valence-electron chi connectivity index (χ0n) is 18.5. The normalized spacial score (nSPS) is 14.0. The lowest BCUT2D eigenvalue weighted by Crippen LogP contribution is -2.28. The van der Waals surface area contributed by atoms with Crippen LogP contribution in [0.5, 0.6) is 0 Å². The van der Waals surface area contributed by atoms with Crippen LogP contribution in [0.25, 0.3) is 0 Å². The fourth-order valence-corrected chi connectivity index (χ4v) is 6.13. The monoisotopic (exact) mass is 495 g/mol. The highest BCUT2D eigenvalue weighted by atomic mass is 32.2. The molecule has 1 aromatic heterocycles. The van der Waals surface area contributed by atoms with E-state index in [9.17, 15) is 22.8 Å². The molecule has 2 heterocycles. The van der Waals surface area contributed by atoms with E-state index in [1.54, 1.807) is 19.1 Å². The second-order valence-corrected chi connectivity index (χ2v) is 10.2. The van der Waals surface area contributed by atoms with Gasteiger partial charge < -0.3 is 20.1 Å². The van der Waals surface area contributed by atoms with Crippen LogP contribution in [0.4, 0.5) is 10.7 Å². The number of esters is 2. The first-order valence-corrected chi connectivity index (χ1v) is 12.4. The topological polar surface area (TPSA) is 131 Å². The number of ether oxygens (including phenoxy) is 2. The van der Waals surface area contributed by atoms with Crippen LogP contribution >= 0.6 is 11.3 Å². The molecular weight excluding hydrogens is 470 g/mol. The SMILES string of the molecule is COC(=O)c1sc(NC(=O)CNc2cccc(S(=O)(=O)N3CCCC3)c2)c(C(=O)OC)c1C. The molecule has 10 nitrogen and oxygen atoms in total. The van der Waals surface area contributed by atoms with Gasteiger partial charge in [0.25, 0.3) is 0 Å². The average molecular weight is 496 g/mol. The van der Waals surface area contributed by atoms with E-state index in [1.165, 1.54) is 30.7 Å². The summed E-state index contributed by atoms with van der Waals surface area (Å²) >= 11 is 0.912. The van der Waals surface area contributed by atoms with Crippen LogP contribution in [0.1, 0.15) is 38.4 Å². The molecule has 1 saturated heterocycles. The van der Waals surface area contributed by atoms with E-state index in [0.29, 0.717) is 24.3 Å². The predicted octanol–water partition coefficient (Wildman–Crippen LogP) is 2.46. The standard InChI is InChI=1S/C21H25N3O7S2/c1-13-17(20(26)30-2)19(32-18(13)21(27)31-3)23-16(25)12-22-14-7-6-8-15(11-14)33(28,29)24-9-4-5-10-24/h6-8,11,22H,4-5,9-10,12H2,1-3H3,(H,23,25). The number of thiophene rings is 1. The second-order valence-electron chi connectivity index (χ2n) is 7.28. The molecule has 1 aromatic carbocycles. The molecule has 33 heavy (non-hydrogen) atoms. The summed E-state index contributed by atoms with van der Waals surface area (Å²) in [7, 11) is -1.16. The third-order valence-electron chi connectivity index (χ3n) is 5.15. The molecule has 1 aliphatic heterocycles. The van der Waals surface area contributed by atoms with Crippen LogP contribution in [0.15, 0.2) is 29.2 Å². The highest BCUT2D eigenvalue weighted by Crippen LogP contribution is 2.34. The van der Waals surface area contributed by atoms with Crippen molar-refractivity contribution in [3.05, 3.63) is 40.3 Å². The number of sulfonamides is 1. The largest absolute Gasteiger partial charge is 0.465 e. The van der Waals surface area contributed by atoms with Crippen molar-refractivity contribution >= 4 is 49.9 Å². The Morgan fingerprint density at radius 1 is 1.09 bits per heavy atom. The zero-order chi connectivity index (χ0) is 24.2. The fourth-order valence-electron chi connectivity index (χ4n) is 3.43. The molecule has 3 rings (SSSR count). The van der Waals surface area contributed by atoms with Crippen LogP contribution in [0, 0.1) is 6.92 Å². The van der Waals surface area contributed by atoms with E-state index in [2.05, 4.69) is 10.6 Å². The van der Waals surface area contributed by atoms with E-state index in [1.807, 2.05) is 0 Å². The molecule has 0 aliphatic carbocycles. The first-order valence-electron chi connectivity index (χ1n) is 10.1. The smallest absolute Gasteiger partial charge is 0.348 e. The molecule has 1 aliphatic rings. The molecule has 0 radical (unpaired) electrons. The van der Waals surface area contributed by atoms with Gasteiger partial charge in [0.2, 0.25) is 15.9 Å². The first-order chi connectivity index (χ1) is 15.7. The molecule has 1 amide bonds. The van der Waals surface area contributed by atoms with Gasteiger partial charge in [0.1, 0.15) is 9.88 Å². The number of hydrogen-bond acceptors (Lipinski definition) is 9. The maximum atomic E-state index is 12.7. The predicted molar refractivity (Wildman–Crippen MR) is 123 cm³/mol. The minimum absolute atomic E-state index is 0.0787. The average Bonchev–Trinajstić information content (AvgIpc) is 3.46. The number of carbonyl (C=O) groups is 3. The highest BCUT2D eigenvalue weighted by molar-refractivity contribution is 7.89. The van der Waals surface area contributed by atoms with Gasteiger partial charge in [-0.2, -0.15) is 4.31 Å². The maximum absolute atomic E-state index is 12.7. The Labute approximate surface area is 195 Å². The van der Waals surface area contributed by atoms with Crippen molar-refractivity contribution in [2.24, 2.45) is 0 Å². The van der Waals surface area contributed by atoms with Gasteiger partial charge in [-0.1, -0.05) is 6.07 Å². The van der Waals surface area contributed by atoms with Crippen LogP contribution in [-0.4, -0.2) is 64.4 Å². The van der Waals surface area contributed by atoms with Crippen molar-refractivity contribution in [3.63, 3.8) is 0 Å². The van der Waals surface area contributed by atoms with Gasteiger partial charge in [0.15, 0.2) is 0 Å². The first kappa shape index (κ1) is 24.7. The van der Waals surface area contributed by atoms with Crippen molar-refractivity contribution in [2.75, 3.05) is 44.5 Å². The number of amides is 1. The van der Waals surface area contributed by atoms with Crippen molar-refractivity contribution in [2.45, 2.75) is 24.7 Å². The van der Waals surface area contributed by atoms with Crippen molar-refractivity contribution in [1.29, 1.82) is 0 Å². The lowest BCUT2D eigenvalue weighted by atomic mass is 10.1. The molecular formula is C21H25N3O7S2. The van der Waals surface area contributed by atoms with E-state index >= 15 is 0 Å². The Kier molecular flexibility index (Phi) is 7.72. The molecule has 0 saturated carbocycles. The summed E-state index contributed by atoms with van der Waals surface area (Å²) in [5.74, 6) is -1.81. The molecule has 178 valence electrons. The van der Waals surface area contributed by atoms with Gasteiger partial charge in [0, 0.05) is 18.8 Å². The third kappa shape index (κ3) is 5.34. The van der Waals surface area contributed by atoms with Crippen LogP contribution in [0.2, 0.25) is 0 Å². The number of nitrogens with one attached hydrogen (secondary N) is 2. The van der Waals surface area contributed by atoms with Gasteiger partial charge in [-0.15, -0.1) is 11.3 Å². The quantitative estimate of drug-likeness (QED) is 0.534. The van der Waals surface area contributed by atoms with Gasteiger partial charge >= 0.3 is 11.9 Å². The fraction of sp³-hybridized carbons (Fsp3) is 0.381. The molecule has 1 fully saturated rings. The minimum Gasteiger partial charge on any atom is -0.465 e. The Bertz CT molecular complexity index is 1170. The van der Waals surface area contributed by atoms with Crippen molar-refractivity contribution < 1.29 is 32.3 Å². The number of rotatable bonds is 8. The van der Waals surface area contributed by atoms with E-state index in [4.69, 9.17) is 9.47 Å². The van der Waals surface area contributed by atoms with Gasteiger partial charge in [-0.3, -0.25) is 4.79 Å². The summed E-state index contributed by atoms with van der Waals surface area (Å²) in [5, 5.41) is 5.66. The summed E-state index contributed by atoms with van der Waals surface area (Å²) in [6, 6.07) is 6.25. The minimum atomic E-state index is -3.58. The summed E-state index contributed by atoms with van der Waals surface area (Å²) in [6.45, 7) is 2.37. The van der Waals surface area contributed by atoms with E-state index in [-0.39, 0.29) is 26.9 Å². The highest BCUT2D eigenvalue weighted by Gasteiger charge is 2.28. The number of methoxy groups -OCH3 is 2. The molecule has 2 aromatic rings. The maximum Gasteiger partial charge on any atom is 0.348 e. The summed E-state index contributed by atoms with van der Waals surface area (Å²) in [5.41, 5.74) is 0.882. The number of nitrogens with zero attached hydrogens (tertiary/aromatic N) is 1. The number of anilines is 2. The van der Waals surface area contributed by atoms with E-state index < -0.39 is 27.9 Å². The van der Waals surface area contributed by atoms with Gasteiger partial charge in [0.05, 0.1) is 31.2 Å². The molecule has 0 spiro atoms. The molecule has 0 atom stereocenters. The van der Waals surface area contributed by atoms with Crippen LogP contribution in [0.3, 0.4) is 0 Å². The van der Waals surface area contributed by atoms with E-state index in [0.717, 1.165) is 24.2 Å². The Balaban J connectivity index is 1.72. The van der Waals surface area contributed by atoms with Gasteiger partial charge in [-0.05, 0) is 43.5 Å². The second kappa shape index (κ2) is 10.3. The molecule has 12 heteroatoms. The van der Waals surface area contributed by atoms with Crippen LogP contribution in [-0.2, 0) is 24.3 Å². The van der Waals surface area contributed by atoms with Gasteiger partial charge in [-0.25, -0.2) is 18.0 Å². The Hall–Kier alpha value is -2.96. The lowest BCUT2D eigenvalue weighted by molar-refractivity contribution is -0.114. The molecule has 0 unspecified atom stereocenters. The third-order valence-corrected chi connectivity index (χ3v) is 8.23. The molecule has 0 bridgehead atoms. The lowest BCUT2D eigenvalue weighted by Gasteiger charge is -2.16. The number of benzene rings is 1. The summed E-state index contributed by atoms with van der Waals surface area (Å²) in [6.07, 6.45) is 1.68.